The molecule has 0 aromatic heterocycles. The summed E-state index contributed by atoms with van der Waals surface area (Å²) in [5.41, 5.74) is -0.0537. The fourth-order valence-corrected chi connectivity index (χ4v) is 5.11. The maximum atomic E-state index is 13.2. The van der Waals surface area contributed by atoms with Gasteiger partial charge in [-0.25, -0.2) is 0 Å². The number of hydrogen-bond donors (Lipinski definition) is 2. The van der Waals surface area contributed by atoms with Crippen molar-refractivity contribution in [2.24, 2.45) is 11.3 Å². The van der Waals surface area contributed by atoms with Gasteiger partial charge in [-0.05, 0) is 44.6 Å². The molecule has 1 aliphatic carbocycles. The summed E-state index contributed by atoms with van der Waals surface area (Å²) in [7, 11) is 0. The van der Waals surface area contributed by atoms with Crippen LogP contribution in [-0.2, 0) is 4.79 Å². The van der Waals surface area contributed by atoms with Gasteiger partial charge in [0.1, 0.15) is 0 Å². The number of nitrogens with zero attached hydrogens (tertiary/aromatic N) is 1. The van der Waals surface area contributed by atoms with E-state index < -0.39 is 0 Å². The van der Waals surface area contributed by atoms with E-state index in [1.54, 1.807) is 0 Å². The topological polar surface area (TPSA) is 44.4 Å². The lowest BCUT2D eigenvalue weighted by Gasteiger charge is -2.41. The fourth-order valence-electron chi connectivity index (χ4n) is 5.11. The number of carbonyl (C=O) groups excluding carboxylic acids is 1. The molecule has 3 aliphatic heterocycles. The van der Waals surface area contributed by atoms with Crippen molar-refractivity contribution in [2.45, 2.75) is 57.0 Å². The van der Waals surface area contributed by atoms with Gasteiger partial charge in [0, 0.05) is 31.7 Å². The highest BCUT2D eigenvalue weighted by Crippen LogP contribution is 2.45. The third-order valence-corrected chi connectivity index (χ3v) is 6.27. The van der Waals surface area contributed by atoms with E-state index in [4.69, 9.17) is 0 Å². The smallest absolute Gasteiger partial charge is 0.230 e. The summed E-state index contributed by atoms with van der Waals surface area (Å²) in [6, 6.07) is 1.22. The van der Waals surface area contributed by atoms with Gasteiger partial charge in [0.25, 0.3) is 0 Å². The Balaban J connectivity index is 1.53. The van der Waals surface area contributed by atoms with Crippen molar-refractivity contribution in [2.75, 3.05) is 26.2 Å². The second-order valence-corrected chi connectivity index (χ2v) is 7.41. The fraction of sp³-hybridized carbons (Fsp3) is 0.938. The highest BCUT2D eigenvalue weighted by atomic mass is 16.2. The molecule has 4 atom stereocenters. The van der Waals surface area contributed by atoms with E-state index >= 15 is 0 Å². The molecule has 0 aromatic rings. The first-order valence-corrected chi connectivity index (χ1v) is 8.54. The van der Waals surface area contributed by atoms with E-state index in [1.165, 1.54) is 32.1 Å². The van der Waals surface area contributed by atoms with Gasteiger partial charge in [-0.1, -0.05) is 12.8 Å². The first kappa shape index (κ1) is 13.1. The molecular weight excluding hydrogens is 250 g/mol. The average Bonchev–Trinajstić information content (AvgIpc) is 3.02. The minimum Gasteiger partial charge on any atom is -0.341 e. The maximum Gasteiger partial charge on any atom is 0.230 e. The molecule has 20 heavy (non-hydrogen) atoms. The number of amides is 1. The van der Waals surface area contributed by atoms with Crippen molar-refractivity contribution in [1.29, 1.82) is 0 Å². The molecule has 0 spiro atoms. The lowest BCUT2D eigenvalue weighted by atomic mass is 9.67. The first-order chi connectivity index (χ1) is 9.78. The van der Waals surface area contributed by atoms with Crippen LogP contribution < -0.4 is 10.6 Å². The Morgan fingerprint density at radius 2 is 2.00 bits per heavy atom. The number of likely N-dealkylation sites (tertiary alicyclic amines) is 1. The van der Waals surface area contributed by atoms with Crippen molar-refractivity contribution >= 4 is 5.91 Å². The zero-order valence-electron chi connectivity index (χ0n) is 12.4. The van der Waals surface area contributed by atoms with Crippen LogP contribution in [0.1, 0.15) is 44.9 Å². The molecule has 2 bridgehead atoms. The van der Waals surface area contributed by atoms with E-state index in [2.05, 4.69) is 15.5 Å². The monoisotopic (exact) mass is 277 g/mol. The van der Waals surface area contributed by atoms with Crippen molar-refractivity contribution in [3.63, 3.8) is 0 Å². The molecule has 2 unspecified atom stereocenters. The molecule has 1 amide bonds. The summed E-state index contributed by atoms with van der Waals surface area (Å²) in [5.74, 6) is 1.07. The molecule has 112 valence electrons. The number of nitrogens with one attached hydrogen (secondary N) is 2. The Bertz CT molecular complexity index is 399. The second kappa shape index (κ2) is 4.99. The molecule has 3 heterocycles. The highest BCUT2D eigenvalue weighted by Gasteiger charge is 2.51. The average molecular weight is 277 g/mol. The predicted molar refractivity (Wildman–Crippen MR) is 78.4 cm³/mol. The molecule has 1 saturated carbocycles. The van der Waals surface area contributed by atoms with Crippen LogP contribution in [0, 0.1) is 11.3 Å². The van der Waals surface area contributed by atoms with Gasteiger partial charge in [0.15, 0.2) is 0 Å². The Morgan fingerprint density at radius 3 is 2.95 bits per heavy atom. The number of hydrogen-bond acceptors (Lipinski definition) is 3. The number of fused-ring (bicyclic) bond motifs is 3. The highest BCUT2D eigenvalue weighted by molar-refractivity contribution is 5.84. The number of carbonyl (C=O) groups is 1. The van der Waals surface area contributed by atoms with Gasteiger partial charge in [0.05, 0.1) is 5.41 Å². The summed E-state index contributed by atoms with van der Waals surface area (Å²) >= 11 is 0. The van der Waals surface area contributed by atoms with Crippen LogP contribution in [0.15, 0.2) is 0 Å². The van der Waals surface area contributed by atoms with E-state index in [9.17, 15) is 4.79 Å². The van der Waals surface area contributed by atoms with Gasteiger partial charge in [-0.3, -0.25) is 4.79 Å². The lowest BCUT2D eigenvalue weighted by molar-refractivity contribution is -0.145. The molecule has 4 fully saturated rings. The van der Waals surface area contributed by atoms with Gasteiger partial charge in [0.2, 0.25) is 5.91 Å². The van der Waals surface area contributed by atoms with Crippen LogP contribution in [0.25, 0.3) is 0 Å². The van der Waals surface area contributed by atoms with Gasteiger partial charge < -0.3 is 15.5 Å². The molecule has 3 saturated heterocycles. The van der Waals surface area contributed by atoms with E-state index in [-0.39, 0.29) is 5.41 Å². The van der Waals surface area contributed by atoms with Gasteiger partial charge >= 0.3 is 0 Å². The normalized spacial score (nSPS) is 44.2. The Morgan fingerprint density at radius 1 is 1.10 bits per heavy atom. The Hall–Kier alpha value is -0.610. The van der Waals surface area contributed by atoms with Crippen LogP contribution in [0.5, 0.6) is 0 Å². The molecular formula is C16H27N3O. The Labute approximate surface area is 121 Å². The molecule has 0 radical (unpaired) electrons. The van der Waals surface area contributed by atoms with Crippen LogP contribution in [0.3, 0.4) is 0 Å². The van der Waals surface area contributed by atoms with E-state index in [1.807, 2.05) is 0 Å². The van der Waals surface area contributed by atoms with Gasteiger partial charge in [-0.2, -0.15) is 0 Å². The molecule has 0 aromatic carbocycles. The Kier molecular flexibility index (Phi) is 3.26. The third-order valence-electron chi connectivity index (χ3n) is 6.27. The minimum absolute atomic E-state index is 0.0537. The zero-order valence-corrected chi connectivity index (χ0v) is 12.4. The van der Waals surface area contributed by atoms with Crippen molar-refractivity contribution in [3.8, 4) is 0 Å². The van der Waals surface area contributed by atoms with E-state index in [0.717, 1.165) is 39.0 Å². The lowest BCUT2D eigenvalue weighted by Crippen LogP contribution is -2.51. The summed E-state index contributed by atoms with van der Waals surface area (Å²) in [6.45, 7) is 3.91. The zero-order chi connectivity index (χ0) is 13.6. The van der Waals surface area contributed by atoms with Crippen LogP contribution in [-0.4, -0.2) is 49.1 Å². The summed E-state index contributed by atoms with van der Waals surface area (Å²) in [5, 5.41) is 7.20. The molecule has 4 nitrogen and oxygen atoms in total. The van der Waals surface area contributed by atoms with Crippen LogP contribution in [0.2, 0.25) is 0 Å². The minimum atomic E-state index is -0.0537. The summed E-state index contributed by atoms with van der Waals surface area (Å²) in [4.78, 5) is 15.5. The van der Waals surface area contributed by atoms with E-state index in [0.29, 0.717) is 23.9 Å². The van der Waals surface area contributed by atoms with Crippen molar-refractivity contribution in [3.05, 3.63) is 0 Å². The molecule has 4 aliphatic rings. The SMILES string of the molecule is O=C(N1CCC2CCC(C1)N2)[C@@]12CCCC[C@H]1CNC2. The van der Waals surface area contributed by atoms with Crippen LogP contribution >= 0.6 is 0 Å². The summed E-state index contributed by atoms with van der Waals surface area (Å²) < 4.78 is 0. The predicted octanol–water partition coefficient (Wildman–Crippen LogP) is 1.12. The number of rotatable bonds is 1. The maximum absolute atomic E-state index is 13.2. The molecule has 4 rings (SSSR count). The first-order valence-electron chi connectivity index (χ1n) is 8.54. The quantitative estimate of drug-likeness (QED) is 0.755. The second-order valence-electron chi connectivity index (χ2n) is 7.41. The summed E-state index contributed by atoms with van der Waals surface area (Å²) in [6.07, 6.45) is 8.62. The standard InChI is InChI=1S/C16H27N3O/c20-15(16-7-2-1-3-12(16)9-17-11-16)19-8-6-13-4-5-14(10-19)18-13/h12-14,17-18H,1-11H2/t12-,13?,14?,16+/m0/s1. The van der Waals surface area contributed by atoms with Crippen molar-refractivity contribution in [1.82, 2.24) is 15.5 Å². The molecule has 4 heteroatoms. The third kappa shape index (κ3) is 2.00. The van der Waals surface area contributed by atoms with Crippen LogP contribution in [0.4, 0.5) is 0 Å². The molecule has 2 N–H and O–H groups in total. The van der Waals surface area contributed by atoms with Crippen molar-refractivity contribution < 1.29 is 4.79 Å². The largest absolute Gasteiger partial charge is 0.341 e. The van der Waals surface area contributed by atoms with Gasteiger partial charge in [-0.15, -0.1) is 0 Å².